The van der Waals surface area contributed by atoms with E-state index in [0.29, 0.717) is 6.54 Å². The minimum absolute atomic E-state index is 0.0731. The Labute approximate surface area is 163 Å². The van der Waals surface area contributed by atoms with Crippen LogP contribution in [0.3, 0.4) is 0 Å². The van der Waals surface area contributed by atoms with Crippen LogP contribution in [0, 0.1) is 13.8 Å². The van der Waals surface area contributed by atoms with E-state index in [-0.39, 0.29) is 12.3 Å². The predicted molar refractivity (Wildman–Crippen MR) is 107 cm³/mol. The summed E-state index contributed by atoms with van der Waals surface area (Å²) < 4.78 is 11.0. The Morgan fingerprint density at radius 3 is 2.75 bits per heavy atom. The normalized spacial score (nSPS) is 14.2. The molecule has 5 heteroatoms. The lowest BCUT2D eigenvalue weighted by molar-refractivity contribution is -0.153. The molecule has 0 bridgehead atoms. The molecule has 0 saturated heterocycles. The molecule has 1 aliphatic rings. The molecule has 0 unspecified atom stereocenters. The van der Waals surface area contributed by atoms with Crippen LogP contribution in [-0.2, 0) is 27.2 Å². The van der Waals surface area contributed by atoms with Crippen molar-refractivity contribution in [1.82, 2.24) is 0 Å². The van der Waals surface area contributed by atoms with E-state index in [9.17, 15) is 9.59 Å². The molecule has 0 spiro atoms. The van der Waals surface area contributed by atoms with Crippen molar-refractivity contribution in [1.29, 1.82) is 0 Å². The quantitative estimate of drug-likeness (QED) is 0.642. The number of benzene rings is 2. The first kappa shape index (κ1) is 18.3. The van der Waals surface area contributed by atoms with E-state index in [4.69, 9.17) is 9.15 Å². The number of amides is 1. The minimum atomic E-state index is -0.833. The van der Waals surface area contributed by atoms with Gasteiger partial charge in [0.05, 0.1) is 12.7 Å². The summed E-state index contributed by atoms with van der Waals surface area (Å²) in [5, 5.41) is 0.910. The third-order valence-electron chi connectivity index (χ3n) is 5.41. The zero-order chi connectivity index (χ0) is 19.8. The summed E-state index contributed by atoms with van der Waals surface area (Å²) in [6.07, 6.45) is 1.65. The topological polar surface area (TPSA) is 59.8 Å². The first-order valence-electron chi connectivity index (χ1n) is 9.50. The second-order valence-corrected chi connectivity index (χ2v) is 7.37. The van der Waals surface area contributed by atoms with Crippen LogP contribution in [0.25, 0.3) is 11.0 Å². The number of furan rings is 1. The molecule has 5 nitrogen and oxygen atoms in total. The highest BCUT2D eigenvalue weighted by molar-refractivity contribution is 5.99. The number of fused-ring (bicyclic) bond motifs is 2. The van der Waals surface area contributed by atoms with Crippen LogP contribution < -0.4 is 4.90 Å². The fourth-order valence-corrected chi connectivity index (χ4v) is 3.70. The van der Waals surface area contributed by atoms with E-state index in [1.54, 1.807) is 18.1 Å². The lowest BCUT2D eigenvalue weighted by Crippen LogP contribution is -2.39. The summed E-state index contributed by atoms with van der Waals surface area (Å²) >= 11 is 0. The minimum Gasteiger partial charge on any atom is -0.464 e. The third kappa shape index (κ3) is 3.28. The number of hydrogen-bond donors (Lipinski definition) is 0. The molecule has 2 heterocycles. The monoisotopic (exact) mass is 377 g/mol. The number of para-hydroxylation sites is 1. The number of esters is 1. The van der Waals surface area contributed by atoms with Crippen LogP contribution in [0.5, 0.6) is 0 Å². The largest absolute Gasteiger partial charge is 0.464 e. The first-order chi connectivity index (χ1) is 13.4. The van der Waals surface area contributed by atoms with Crippen molar-refractivity contribution in [2.45, 2.75) is 39.7 Å². The molecule has 3 aromatic rings. The summed E-state index contributed by atoms with van der Waals surface area (Å²) in [6.45, 7) is 6.29. The van der Waals surface area contributed by atoms with Gasteiger partial charge in [-0.2, -0.15) is 0 Å². The zero-order valence-corrected chi connectivity index (χ0v) is 16.3. The number of hydrogen-bond acceptors (Lipinski definition) is 4. The van der Waals surface area contributed by atoms with Gasteiger partial charge >= 0.3 is 5.97 Å². The second-order valence-electron chi connectivity index (χ2n) is 7.37. The SMILES string of the molecule is Cc1cc2occ(CC(=O)O[C@@H](C)C(=O)N3CCc4ccccc43)c2cc1C. The molecule has 0 aliphatic carbocycles. The molecular formula is C23H23NO4. The maximum Gasteiger partial charge on any atom is 0.311 e. The highest BCUT2D eigenvalue weighted by Gasteiger charge is 2.29. The highest BCUT2D eigenvalue weighted by Crippen LogP contribution is 2.29. The molecule has 1 atom stereocenters. The van der Waals surface area contributed by atoms with E-state index in [1.165, 1.54) is 0 Å². The van der Waals surface area contributed by atoms with Crippen molar-refractivity contribution in [3.05, 3.63) is 64.9 Å². The average Bonchev–Trinajstić information content (AvgIpc) is 3.26. The van der Waals surface area contributed by atoms with Gasteiger partial charge in [0.2, 0.25) is 0 Å². The summed E-state index contributed by atoms with van der Waals surface area (Å²) in [5.41, 5.74) is 5.85. The molecule has 1 aliphatic heterocycles. The number of carbonyl (C=O) groups is 2. The Kier molecular flexibility index (Phi) is 4.67. The van der Waals surface area contributed by atoms with Gasteiger partial charge in [0, 0.05) is 23.2 Å². The second kappa shape index (κ2) is 7.15. The molecule has 28 heavy (non-hydrogen) atoms. The maximum atomic E-state index is 12.8. The lowest BCUT2D eigenvalue weighted by atomic mass is 10.0. The van der Waals surface area contributed by atoms with Crippen LogP contribution >= 0.6 is 0 Å². The molecule has 0 radical (unpaired) electrons. The predicted octanol–water partition coefficient (Wildman–Crippen LogP) is 4.11. The Morgan fingerprint density at radius 2 is 1.93 bits per heavy atom. The molecule has 144 valence electrons. The van der Waals surface area contributed by atoms with Gasteiger partial charge in [-0.15, -0.1) is 0 Å². The fourth-order valence-electron chi connectivity index (χ4n) is 3.70. The standard InChI is InChI=1S/C23H23NO4/c1-14-10-19-18(13-27-21(19)11-15(14)2)12-22(25)28-16(3)23(26)24-9-8-17-6-4-5-7-20(17)24/h4-7,10-11,13,16H,8-9,12H2,1-3H3/t16-/m0/s1. The molecule has 1 aromatic heterocycles. The van der Waals surface area contributed by atoms with Crippen LogP contribution in [0.4, 0.5) is 5.69 Å². The van der Waals surface area contributed by atoms with Gasteiger partial charge in [0.1, 0.15) is 5.58 Å². The molecular weight excluding hydrogens is 354 g/mol. The van der Waals surface area contributed by atoms with Crippen LogP contribution in [0.1, 0.15) is 29.2 Å². The van der Waals surface area contributed by atoms with Crippen molar-refractivity contribution in [2.24, 2.45) is 0 Å². The van der Waals surface area contributed by atoms with Gasteiger partial charge in [-0.25, -0.2) is 0 Å². The molecule has 2 aromatic carbocycles. The van der Waals surface area contributed by atoms with Gasteiger partial charge < -0.3 is 14.1 Å². The van der Waals surface area contributed by atoms with E-state index in [1.807, 2.05) is 50.2 Å². The number of nitrogens with zero attached hydrogens (tertiary/aromatic N) is 1. The van der Waals surface area contributed by atoms with E-state index < -0.39 is 12.1 Å². The fraction of sp³-hybridized carbons (Fsp3) is 0.304. The number of rotatable bonds is 4. The van der Waals surface area contributed by atoms with Crippen molar-refractivity contribution in [3.63, 3.8) is 0 Å². The van der Waals surface area contributed by atoms with Gasteiger partial charge in [-0.05, 0) is 62.1 Å². The molecule has 0 N–H and O–H groups in total. The summed E-state index contributed by atoms with van der Waals surface area (Å²) in [6, 6.07) is 11.8. The Hall–Kier alpha value is -3.08. The van der Waals surface area contributed by atoms with Gasteiger partial charge in [0.15, 0.2) is 6.10 Å². The van der Waals surface area contributed by atoms with Crippen molar-refractivity contribution < 1.29 is 18.7 Å². The molecule has 1 amide bonds. The van der Waals surface area contributed by atoms with Crippen molar-refractivity contribution in [3.8, 4) is 0 Å². The van der Waals surface area contributed by atoms with Gasteiger partial charge in [0.25, 0.3) is 5.91 Å². The lowest BCUT2D eigenvalue weighted by Gasteiger charge is -2.21. The Morgan fingerprint density at radius 1 is 1.18 bits per heavy atom. The number of aryl methyl sites for hydroxylation is 2. The third-order valence-corrected chi connectivity index (χ3v) is 5.41. The van der Waals surface area contributed by atoms with E-state index >= 15 is 0 Å². The summed E-state index contributed by atoms with van der Waals surface area (Å²) in [7, 11) is 0. The van der Waals surface area contributed by atoms with Crippen LogP contribution in [0.2, 0.25) is 0 Å². The molecule has 4 rings (SSSR count). The number of ether oxygens (including phenoxy) is 1. The number of anilines is 1. The summed E-state index contributed by atoms with van der Waals surface area (Å²) in [5.74, 6) is -0.629. The Balaban J connectivity index is 1.44. The van der Waals surface area contributed by atoms with Crippen LogP contribution in [-0.4, -0.2) is 24.5 Å². The molecule has 0 fully saturated rings. The van der Waals surface area contributed by atoms with E-state index in [2.05, 4.69) is 0 Å². The maximum absolute atomic E-state index is 12.8. The Bertz CT molecular complexity index is 1070. The van der Waals surface area contributed by atoms with Crippen molar-refractivity contribution in [2.75, 3.05) is 11.4 Å². The smallest absolute Gasteiger partial charge is 0.311 e. The van der Waals surface area contributed by atoms with Crippen LogP contribution in [0.15, 0.2) is 47.1 Å². The molecule has 0 saturated carbocycles. The summed E-state index contributed by atoms with van der Waals surface area (Å²) in [4.78, 5) is 26.9. The zero-order valence-electron chi connectivity index (χ0n) is 16.3. The first-order valence-corrected chi connectivity index (χ1v) is 9.50. The highest BCUT2D eigenvalue weighted by atomic mass is 16.5. The average molecular weight is 377 g/mol. The van der Waals surface area contributed by atoms with E-state index in [0.717, 1.165) is 45.3 Å². The van der Waals surface area contributed by atoms with Gasteiger partial charge in [-0.1, -0.05) is 18.2 Å². The van der Waals surface area contributed by atoms with Crippen molar-refractivity contribution >= 4 is 28.5 Å². The van der Waals surface area contributed by atoms with Gasteiger partial charge in [-0.3, -0.25) is 9.59 Å². The number of carbonyl (C=O) groups excluding carboxylic acids is 2.